The van der Waals surface area contributed by atoms with Crippen LogP contribution < -0.4 is 27.8 Å². The maximum atomic E-state index is 13.3. The molecule has 1 saturated carbocycles. The van der Waals surface area contributed by atoms with Crippen LogP contribution in [0.2, 0.25) is 0 Å². The topological polar surface area (TPSA) is 309 Å². The molecule has 3 unspecified atom stereocenters. The third-order valence-corrected chi connectivity index (χ3v) is 7.94. The summed E-state index contributed by atoms with van der Waals surface area (Å²) in [7, 11) is -5.11. The molecule has 3 rings (SSSR count). The predicted molar refractivity (Wildman–Crippen MR) is 156 cm³/mol. The molecule has 1 fully saturated rings. The lowest BCUT2D eigenvalue weighted by Gasteiger charge is -2.30. The van der Waals surface area contributed by atoms with Gasteiger partial charge in [0.15, 0.2) is 16.8 Å². The highest BCUT2D eigenvalue weighted by Gasteiger charge is 2.54. The minimum atomic E-state index is -5.11. The van der Waals surface area contributed by atoms with Crippen molar-refractivity contribution in [1.82, 2.24) is 34.9 Å². The van der Waals surface area contributed by atoms with Gasteiger partial charge < -0.3 is 37.8 Å². The highest BCUT2D eigenvalue weighted by molar-refractivity contribution is 7.83. The number of oxime groups is 1. The van der Waals surface area contributed by atoms with Crippen LogP contribution in [-0.4, -0.2) is 103 Å². The number of carboxylic acids is 1. The fourth-order valence-corrected chi connectivity index (χ4v) is 4.97. The predicted octanol–water partition coefficient (Wildman–Crippen LogP) is -2.20. The largest absolute Gasteiger partial charge is 0.478 e. The molecule has 0 radical (unpaired) electrons. The summed E-state index contributed by atoms with van der Waals surface area (Å²) >= 11 is 0.979. The number of guanidine groups is 1. The fourth-order valence-electron chi connectivity index (χ4n) is 3.72. The summed E-state index contributed by atoms with van der Waals surface area (Å²) in [5.41, 5.74) is 15.3. The van der Waals surface area contributed by atoms with Crippen LogP contribution in [0.15, 0.2) is 21.7 Å². The van der Waals surface area contributed by atoms with Crippen molar-refractivity contribution in [3.8, 4) is 0 Å². The monoisotopic (exact) mass is 658 g/mol. The Hall–Kier alpha value is -4.41. The minimum Gasteiger partial charge on any atom is -0.478 e. The molecule has 242 valence electrons. The number of carbonyl (C=O) groups is 3. The first kappa shape index (κ1) is 34.1. The van der Waals surface area contributed by atoms with Crippen molar-refractivity contribution >= 4 is 56.7 Å². The van der Waals surface area contributed by atoms with Crippen molar-refractivity contribution < 1.29 is 37.3 Å². The molecule has 22 heteroatoms. The van der Waals surface area contributed by atoms with E-state index in [-0.39, 0.29) is 40.3 Å². The number of nitrogens with zero attached hydrogens (tertiary/aromatic N) is 7. The number of aliphatic carboxylic acids is 1. The standard InChI is InChI=1S/C22H34N12O8S2/c1-12(29-20(24)26-7-3-6-23)14-8-27-34(31-14)9-16(33(11-35)44(39,40)41)13(2)28-18(36)17(15-10-43-21(25)30-15)32-42-22(4-5-22)19(37)38/h8,10-13,16H,3-7,9,23H2,1-2H3,(H2,25,30)(H,28,36)(H,37,38)(H3,24,26,29)(H,39,40,41)/b32-17-. The van der Waals surface area contributed by atoms with E-state index in [0.717, 1.165) is 16.1 Å². The Labute approximate surface area is 255 Å². The number of thiazole rings is 1. The Morgan fingerprint density at radius 1 is 1.34 bits per heavy atom. The van der Waals surface area contributed by atoms with Gasteiger partial charge in [-0.05, 0) is 26.8 Å². The molecule has 2 heterocycles. The Morgan fingerprint density at radius 2 is 2.05 bits per heavy atom. The normalized spacial score (nSPS) is 16.8. The Kier molecular flexibility index (Phi) is 11.1. The van der Waals surface area contributed by atoms with Crippen molar-refractivity contribution in [3.05, 3.63) is 23.0 Å². The number of aromatic nitrogens is 4. The fraction of sp³-hybridized carbons (Fsp3) is 0.545. The summed E-state index contributed by atoms with van der Waals surface area (Å²) in [4.78, 5) is 51.0. The highest BCUT2D eigenvalue weighted by atomic mass is 32.2. The van der Waals surface area contributed by atoms with Gasteiger partial charge in [0, 0.05) is 30.8 Å². The Balaban J connectivity index is 1.84. The number of carboxylic acid groups (broad SMARTS) is 1. The third-order valence-electron chi connectivity index (χ3n) is 6.38. The van der Waals surface area contributed by atoms with Crippen LogP contribution in [0.3, 0.4) is 0 Å². The average Bonchev–Trinajstić information content (AvgIpc) is 3.38. The summed E-state index contributed by atoms with van der Waals surface area (Å²) in [5.74, 6) is -2.09. The van der Waals surface area contributed by atoms with Gasteiger partial charge in [-0.15, -0.1) is 11.3 Å². The van der Waals surface area contributed by atoms with Crippen LogP contribution in [0, 0.1) is 0 Å². The summed E-state index contributed by atoms with van der Waals surface area (Å²) in [6.07, 6.45) is 2.22. The molecule has 3 atom stereocenters. The smallest absolute Gasteiger partial charge is 0.362 e. The molecule has 0 aromatic carbocycles. The van der Waals surface area contributed by atoms with Crippen LogP contribution in [0.4, 0.5) is 5.13 Å². The number of nitrogen functional groups attached to an aromatic ring is 1. The number of amides is 2. The molecule has 20 nitrogen and oxygen atoms in total. The lowest BCUT2D eigenvalue weighted by Crippen LogP contribution is -2.55. The molecule has 0 saturated heterocycles. The van der Waals surface area contributed by atoms with Gasteiger partial charge in [-0.25, -0.2) is 14.1 Å². The number of aliphatic imine (C=N–C) groups is 1. The summed E-state index contributed by atoms with van der Waals surface area (Å²) in [6.45, 7) is 3.54. The average molecular weight is 659 g/mol. The van der Waals surface area contributed by atoms with Crippen LogP contribution >= 0.6 is 11.3 Å². The second-order valence-electron chi connectivity index (χ2n) is 9.74. The molecular formula is C22H34N12O8S2. The van der Waals surface area contributed by atoms with Crippen molar-refractivity contribution in [1.29, 1.82) is 0 Å². The molecule has 1 aliphatic rings. The number of anilines is 1. The van der Waals surface area contributed by atoms with Gasteiger partial charge >= 0.3 is 16.3 Å². The van der Waals surface area contributed by atoms with E-state index in [4.69, 9.17) is 22.0 Å². The second-order valence-corrected chi connectivity index (χ2v) is 12.0. The van der Waals surface area contributed by atoms with Crippen LogP contribution in [0.5, 0.6) is 0 Å². The number of nitrogens with two attached hydrogens (primary N) is 3. The zero-order chi connectivity index (χ0) is 32.7. The third kappa shape index (κ3) is 8.81. The molecule has 0 spiro atoms. The van der Waals surface area contributed by atoms with Gasteiger partial charge in [0.2, 0.25) is 12.0 Å². The zero-order valence-corrected chi connectivity index (χ0v) is 25.4. The van der Waals surface area contributed by atoms with Gasteiger partial charge in [0.25, 0.3) is 5.91 Å². The van der Waals surface area contributed by atoms with E-state index < -0.39 is 58.2 Å². The highest BCUT2D eigenvalue weighted by Crippen LogP contribution is 2.40. The Bertz CT molecular complexity index is 1500. The second kappa shape index (κ2) is 14.4. The quantitative estimate of drug-likeness (QED) is 0.0237. The van der Waals surface area contributed by atoms with Gasteiger partial charge in [-0.2, -0.15) is 23.4 Å². The number of hydrogen-bond donors (Lipinski definition) is 7. The van der Waals surface area contributed by atoms with E-state index in [9.17, 15) is 32.5 Å². The van der Waals surface area contributed by atoms with Crippen molar-refractivity contribution in [2.75, 3.05) is 18.8 Å². The Morgan fingerprint density at radius 3 is 2.59 bits per heavy atom. The molecule has 0 bridgehead atoms. The number of nitrogens with one attached hydrogen (secondary N) is 2. The van der Waals surface area contributed by atoms with Crippen molar-refractivity contribution in [3.63, 3.8) is 0 Å². The zero-order valence-electron chi connectivity index (χ0n) is 23.7. The number of hydrogen-bond acceptors (Lipinski definition) is 14. The molecular weight excluding hydrogens is 624 g/mol. The van der Waals surface area contributed by atoms with Crippen molar-refractivity contribution in [2.45, 2.75) is 63.4 Å². The van der Waals surface area contributed by atoms with Crippen LogP contribution in [-0.2, 0) is 36.1 Å². The van der Waals surface area contributed by atoms with E-state index >= 15 is 0 Å². The number of carbonyl (C=O) groups excluding carboxylic acids is 2. The maximum absolute atomic E-state index is 13.3. The van der Waals surface area contributed by atoms with E-state index in [1.54, 1.807) is 6.92 Å². The molecule has 44 heavy (non-hydrogen) atoms. The molecule has 2 amide bonds. The van der Waals surface area contributed by atoms with Crippen molar-refractivity contribution in [2.24, 2.45) is 21.6 Å². The van der Waals surface area contributed by atoms with E-state index in [0.29, 0.717) is 25.2 Å². The van der Waals surface area contributed by atoms with Gasteiger partial charge in [0.05, 0.1) is 24.8 Å². The molecule has 2 aromatic heterocycles. The summed E-state index contributed by atoms with van der Waals surface area (Å²) in [6, 6.07) is -3.15. The number of rotatable bonds is 17. The van der Waals surface area contributed by atoms with Gasteiger partial charge in [-0.1, -0.05) is 5.16 Å². The first-order valence-electron chi connectivity index (χ1n) is 13.1. The molecule has 1 aliphatic carbocycles. The maximum Gasteiger partial charge on any atom is 0.362 e. The molecule has 0 aliphatic heterocycles. The van der Waals surface area contributed by atoms with E-state index in [1.807, 2.05) is 0 Å². The SMILES string of the molecule is CC(NC(N)=NCCCN)c1cnn(CC(C(C)NC(=O)/C(=N\OC2(C(=O)O)CC2)c2csc(N)n2)N(C=O)S(=O)(=O)O)n1. The summed E-state index contributed by atoms with van der Waals surface area (Å²) < 4.78 is 34.0. The van der Waals surface area contributed by atoms with Crippen LogP contribution in [0.1, 0.15) is 50.5 Å². The van der Waals surface area contributed by atoms with Gasteiger partial charge in [0.1, 0.15) is 11.4 Å². The lowest BCUT2D eigenvalue weighted by atomic mass is 10.1. The van der Waals surface area contributed by atoms with Crippen LogP contribution in [0.25, 0.3) is 0 Å². The lowest BCUT2D eigenvalue weighted by molar-refractivity contribution is -0.153. The first-order chi connectivity index (χ1) is 20.7. The van der Waals surface area contributed by atoms with E-state index in [2.05, 4.69) is 36.0 Å². The first-order valence-corrected chi connectivity index (χ1v) is 15.4. The molecule has 2 aromatic rings. The van der Waals surface area contributed by atoms with E-state index in [1.165, 1.54) is 18.5 Å². The molecule has 10 N–H and O–H groups in total. The summed E-state index contributed by atoms with van der Waals surface area (Å²) in [5, 5.41) is 28.4. The van der Waals surface area contributed by atoms with Gasteiger partial charge in [-0.3, -0.25) is 19.1 Å². The minimum absolute atomic E-state index is 0.0392.